The molecule has 17 heavy (non-hydrogen) atoms. The first-order valence-corrected chi connectivity index (χ1v) is 4.79. The Hall–Kier alpha value is -2.17. The molecule has 0 bridgehead atoms. The van der Waals surface area contributed by atoms with E-state index in [-0.39, 0.29) is 24.5 Å². The minimum atomic E-state index is -0.656. The van der Waals surface area contributed by atoms with Gasteiger partial charge in [0.05, 0.1) is 24.2 Å². The summed E-state index contributed by atoms with van der Waals surface area (Å²) in [6.07, 6.45) is 0. The lowest BCUT2D eigenvalue weighted by Gasteiger charge is -2.14. The van der Waals surface area contributed by atoms with Crippen molar-refractivity contribution in [1.82, 2.24) is 0 Å². The van der Waals surface area contributed by atoms with Gasteiger partial charge in [-0.25, -0.2) is 0 Å². The number of nitro benzene ring substituents is 1. The summed E-state index contributed by atoms with van der Waals surface area (Å²) in [6, 6.07) is 5.10. The molecule has 0 unspecified atom stereocenters. The zero-order valence-electron chi connectivity index (χ0n) is 8.83. The molecule has 90 valence electrons. The third-order valence-corrected chi connectivity index (χ3v) is 2.13. The summed E-state index contributed by atoms with van der Waals surface area (Å²) in [5, 5.41) is 39.8. The molecule has 1 aromatic carbocycles. The fourth-order valence-corrected chi connectivity index (χ4v) is 1.25. The molecule has 1 aromatic rings. The number of rotatable bonds is 5. The van der Waals surface area contributed by atoms with E-state index in [1.165, 1.54) is 18.2 Å². The monoisotopic (exact) mass is 237 g/mol. The summed E-state index contributed by atoms with van der Waals surface area (Å²) in [5.74, 6) is 0. The fourth-order valence-electron chi connectivity index (χ4n) is 1.25. The van der Waals surface area contributed by atoms with Gasteiger partial charge >= 0.3 is 0 Å². The van der Waals surface area contributed by atoms with E-state index in [0.29, 0.717) is 5.69 Å². The van der Waals surface area contributed by atoms with Crippen molar-refractivity contribution in [2.75, 3.05) is 18.5 Å². The number of aliphatic hydroxyl groups excluding tert-OH is 2. The Kier molecular flexibility index (Phi) is 4.39. The van der Waals surface area contributed by atoms with Crippen molar-refractivity contribution in [2.24, 2.45) is 0 Å². The van der Waals surface area contributed by atoms with Gasteiger partial charge in [0.2, 0.25) is 0 Å². The average molecular weight is 237 g/mol. The minimum absolute atomic E-state index is 0.0369. The summed E-state index contributed by atoms with van der Waals surface area (Å²) in [6.45, 7) is -0.603. The molecule has 0 saturated heterocycles. The van der Waals surface area contributed by atoms with Crippen molar-refractivity contribution in [1.29, 1.82) is 5.26 Å². The number of benzene rings is 1. The second-order valence-electron chi connectivity index (χ2n) is 3.31. The van der Waals surface area contributed by atoms with E-state index in [2.05, 4.69) is 5.32 Å². The third-order valence-electron chi connectivity index (χ3n) is 2.13. The summed E-state index contributed by atoms with van der Waals surface area (Å²) in [5.41, 5.74) is 0.0148. The highest BCUT2D eigenvalue weighted by Gasteiger charge is 2.15. The topological polar surface area (TPSA) is 119 Å². The van der Waals surface area contributed by atoms with Gasteiger partial charge in [-0.1, -0.05) is 0 Å². The average Bonchev–Trinajstić information content (AvgIpc) is 2.35. The van der Waals surface area contributed by atoms with Gasteiger partial charge in [-0.3, -0.25) is 10.1 Å². The predicted molar refractivity (Wildman–Crippen MR) is 59.4 cm³/mol. The summed E-state index contributed by atoms with van der Waals surface area (Å²) < 4.78 is 0. The van der Waals surface area contributed by atoms with Crippen LogP contribution in [0.4, 0.5) is 11.4 Å². The maximum absolute atomic E-state index is 10.7. The van der Waals surface area contributed by atoms with Crippen molar-refractivity contribution in [3.05, 3.63) is 33.9 Å². The smallest absolute Gasteiger partial charge is 0.289 e. The van der Waals surface area contributed by atoms with Crippen LogP contribution < -0.4 is 5.32 Å². The Bertz CT molecular complexity index is 451. The summed E-state index contributed by atoms with van der Waals surface area (Å²) in [4.78, 5) is 10.0. The summed E-state index contributed by atoms with van der Waals surface area (Å²) in [7, 11) is 0. The molecule has 0 radical (unpaired) electrons. The number of nitriles is 1. The molecule has 0 atom stereocenters. The maximum atomic E-state index is 10.7. The van der Waals surface area contributed by atoms with Crippen LogP contribution in [0, 0.1) is 21.4 Å². The van der Waals surface area contributed by atoms with E-state index in [4.69, 9.17) is 15.5 Å². The lowest BCUT2D eigenvalue weighted by Crippen LogP contribution is -2.27. The Morgan fingerprint density at radius 2 is 2.12 bits per heavy atom. The molecule has 0 aromatic heterocycles. The van der Waals surface area contributed by atoms with E-state index in [1.54, 1.807) is 6.07 Å². The molecule has 0 saturated carbocycles. The van der Waals surface area contributed by atoms with Crippen LogP contribution in [0.1, 0.15) is 5.56 Å². The second-order valence-corrected chi connectivity index (χ2v) is 3.31. The Balaban J connectivity index is 3.01. The largest absolute Gasteiger partial charge is 0.394 e. The van der Waals surface area contributed by atoms with Crippen LogP contribution in [0.3, 0.4) is 0 Å². The predicted octanol–water partition coefficient (Wildman–Crippen LogP) is 0.232. The molecule has 0 aliphatic rings. The van der Waals surface area contributed by atoms with Crippen LogP contribution in [-0.4, -0.2) is 34.4 Å². The van der Waals surface area contributed by atoms with Gasteiger partial charge in [0.25, 0.3) is 5.69 Å². The zero-order chi connectivity index (χ0) is 12.8. The lowest BCUT2D eigenvalue weighted by molar-refractivity contribution is -0.385. The first kappa shape index (κ1) is 12.9. The van der Waals surface area contributed by atoms with Gasteiger partial charge in [-0.05, 0) is 12.1 Å². The van der Waals surface area contributed by atoms with Crippen molar-refractivity contribution < 1.29 is 15.1 Å². The molecule has 0 fully saturated rings. The molecule has 7 heteroatoms. The number of nitrogens with one attached hydrogen (secondary N) is 1. The van der Waals surface area contributed by atoms with E-state index >= 15 is 0 Å². The number of hydrogen-bond acceptors (Lipinski definition) is 6. The molecule has 3 N–H and O–H groups in total. The van der Waals surface area contributed by atoms with Gasteiger partial charge in [0.1, 0.15) is 11.6 Å². The van der Waals surface area contributed by atoms with Gasteiger partial charge in [0, 0.05) is 11.8 Å². The molecule has 0 amide bonds. The van der Waals surface area contributed by atoms with Crippen LogP contribution in [0.2, 0.25) is 0 Å². The molecular weight excluding hydrogens is 226 g/mol. The number of aliphatic hydroxyl groups is 2. The van der Waals surface area contributed by atoms with Crippen LogP contribution in [0.25, 0.3) is 0 Å². The Morgan fingerprint density at radius 3 is 2.59 bits per heavy atom. The first-order chi connectivity index (χ1) is 8.12. The third kappa shape index (κ3) is 3.14. The quantitative estimate of drug-likeness (QED) is 0.498. The molecule has 0 heterocycles. The highest BCUT2D eigenvalue weighted by molar-refractivity contribution is 5.59. The molecule has 7 nitrogen and oxygen atoms in total. The molecule has 1 rings (SSSR count). The standard InChI is InChI=1S/C10H11N3O4/c11-4-7-1-2-8(3-10(7)13(16)17)12-9(5-14)6-15/h1-3,9,12,14-15H,5-6H2. The molecular formula is C10H11N3O4. The molecule has 0 aliphatic heterocycles. The number of hydrogen-bond donors (Lipinski definition) is 3. The minimum Gasteiger partial charge on any atom is -0.394 e. The van der Waals surface area contributed by atoms with Gasteiger partial charge in [0.15, 0.2) is 0 Å². The Morgan fingerprint density at radius 1 is 1.47 bits per heavy atom. The second kappa shape index (κ2) is 5.79. The van der Waals surface area contributed by atoms with Crippen molar-refractivity contribution in [2.45, 2.75) is 6.04 Å². The molecule has 0 spiro atoms. The normalized spacial score (nSPS) is 10.0. The van der Waals surface area contributed by atoms with E-state index < -0.39 is 11.0 Å². The van der Waals surface area contributed by atoms with E-state index in [1.807, 2.05) is 0 Å². The van der Waals surface area contributed by atoms with Gasteiger partial charge < -0.3 is 15.5 Å². The highest BCUT2D eigenvalue weighted by atomic mass is 16.6. The van der Waals surface area contributed by atoms with E-state index in [9.17, 15) is 10.1 Å². The summed E-state index contributed by atoms with van der Waals surface area (Å²) >= 11 is 0. The Labute approximate surface area is 97.1 Å². The number of anilines is 1. The van der Waals surface area contributed by atoms with Gasteiger partial charge in [-0.2, -0.15) is 5.26 Å². The number of nitro groups is 1. The van der Waals surface area contributed by atoms with Crippen molar-refractivity contribution in [3.63, 3.8) is 0 Å². The van der Waals surface area contributed by atoms with Crippen LogP contribution in [-0.2, 0) is 0 Å². The van der Waals surface area contributed by atoms with Crippen LogP contribution in [0.5, 0.6) is 0 Å². The SMILES string of the molecule is N#Cc1ccc(NC(CO)CO)cc1[N+](=O)[O-]. The van der Waals surface area contributed by atoms with Crippen LogP contribution >= 0.6 is 0 Å². The van der Waals surface area contributed by atoms with Crippen molar-refractivity contribution in [3.8, 4) is 6.07 Å². The van der Waals surface area contributed by atoms with Crippen LogP contribution in [0.15, 0.2) is 18.2 Å². The zero-order valence-corrected chi connectivity index (χ0v) is 8.83. The number of nitrogens with zero attached hydrogens (tertiary/aromatic N) is 2. The van der Waals surface area contributed by atoms with Crippen molar-refractivity contribution >= 4 is 11.4 Å². The lowest BCUT2D eigenvalue weighted by atomic mass is 10.1. The first-order valence-electron chi connectivity index (χ1n) is 4.79. The molecule has 0 aliphatic carbocycles. The fraction of sp³-hybridized carbons (Fsp3) is 0.300. The maximum Gasteiger partial charge on any atom is 0.289 e. The highest BCUT2D eigenvalue weighted by Crippen LogP contribution is 2.22. The van der Waals surface area contributed by atoms with E-state index in [0.717, 1.165) is 0 Å². The van der Waals surface area contributed by atoms with Gasteiger partial charge in [-0.15, -0.1) is 0 Å².